The van der Waals surface area contributed by atoms with E-state index in [1.807, 2.05) is 43.3 Å². The molecule has 0 radical (unpaired) electrons. The first kappa shape index (κ1) is 26.5. The lowest BCUT2D eigenvalue weighted by Gasteiger charge is -2.12. The molecular weight excluding hydrogens is 450 g/mol. The van der Waals surface area contributed by atoms with Crippen LogP contribution in [0.3, 0.4) is 0 Å². The third-order valence-electron chi connectivity index (χ3n) is 5.11. The number of hydrogen-bond donors (Lipinski definition) is 1. The van der Waals surface area contributed by atoms with E-state index in [1.54, 1.807) is 41.7 Å². The van der Waals surface area contributed by atoms with Crippen molar-refractivity contribution in [1.82, 2.24) is 0 Å². The van der Waals surface area contributed by atoms with Crippen LogP contribution in [0.4, 0.5) is 0 Å². The minimum Gasteiger partial charge on any atom is -0.508 e. The van der Waals surface area contributed by atoms with Crippen LogP contribution < -0.4 is 0 Å². The van der Waals surface area contributed by atoms with Gasteiger partial charge in [-0.2, -0.15) is 28.8 Å². The number of thioether (sulfide) groups is 2. The Bertz CT molecular complexity index is 1110. The average molecular weight is 480 g/mol. The number of ketones is 2. The van der Waals surface area contributed by atoms with E-state index < -0.39 is 0 Å². The van der Waals surface area contributed by atoms with Crippen molar-refractivity contribution in [1.29, 1.82) is 5.26 Å². The van der Waals surface area contributed by atoms with Crippen LogP contribution in [0.25, 0.3) is 12.2 Å². The van der Waals surface area contributed by atoms with Gasteiger partial charge in [-0.1, -0.05) is 31.7 Å². The highest BCUT2D eigenvalue weighted by atomic mass is 32.2. The van der Waals surface area contributed by atoms with Gasteiger partial charge in [-0.25, -0.2) is 0 Å². The molecule has 33 heavy (non-hydrogen) atoms. The van der Waals surface area contributed by atoms with Crippen LogP contribution in [-0.2, 0) is 9.59 Å². The molecule has 2 fully saturated rings. The number of phenolic OH excluding ortho intramolecular Hbond substituents is 1. The fourth-order valence-electron chi connectivity index (χ4n) is 3.24. The van der Waals surface area contributed by atoms with Gasteiger partial charge in [-0.3, -0.25) is 9.59 Å². The van der Waals surface area contributed by atoms with Gasteiger partial charge in [0.1, 0.15) is 5.75 Å². The van der Waals surface area contributed by atoms with Crippen LogP contribution in [-0.4, -0.2) is 39.7 Å². The van der Waals surface area contributed by atoms with E-state index in [9.17, 15) is 14.7 Å². The fourth-order valence-corrected chi connectivity index (χ4v) is 5.11. The summed E-state index contributed by atoms with van der Waals surface area (Å²) in [6.07, 6.45) is 5.05. The zero-order chi connectivity index (χ0) is 22.9. The molecule has 0 unspecified atom stereocenters. The summed E-state index contributed by atoms with van der Waals surface area (Å²) in [5.74, 6) is 4.18. The van der Waals surface area contributed by atoms with Crippen molar-refractivity contribution >= 4 is 47.2 Å². The molecule has 2 saturated heterocycles. The summed E-state index contributed by atoms with van der Waals surface area (Å²) in [6.45, 7) is 1.86. The molecule has 2 heterocycles. The van der Waals surface area contributed by atoms with Gasteiger partial charge in [0.25, 0.3) is 0 Å². The molecule has 0 aliphatic carbocycles. The molecule has 4 nitrogen and oxygen atoms in total. The molecule has 0 saturated carbocycles. The Morgan fingerprint density at radius 3 is 2.00 bits per heavy atom. The number of aryl methyl sites for hydroxylation is 1. The first-order valence-corrected chi connectivity index (χ1v) is 12.7. The predicted molar refractivity (Wildman–Crippen MR) is 141 cm³/mol. The maximum atomic E-state index is 11.6. The number of aromatic hydroxyl groups is 1. The Kier molecular flexibility index (Phi) is 10.5. The normalized spacial score (nSPS) is 18.2. The van der Waals surface area contributed by atoms with Crippen LogP contribution in [0, 0.1) is 18.3 Å². The van der Waals surface area contributed by atoms with Crippen molar-refractivity contribution in [2.45, 2.75) is 27.2 Å². The average Bonchev–Trinajstić information content (AvgIpc) is 2.80. The van der Waals surface area contributed by atoms with Crippen molar-refractivity contribution in [2.24, 2.45) is 0 Å². The highest BCUT2D eigenvalue weighted by Gasteiger charge is 2.15. The quantitative estimate of drug-likeness (QED) is 0.527. The van der Waals surface area contributed by atoms with E-state index in [2.05, 4.69) is 6.07 Å². The molecule has 6 heteroatoms. The molecule has 1 N–H and O–H groups in total. The van der Waals surface area contributed by atoms with Gasteiger partial charge < -0.3 is 5.11 Å². The molecule has 0 bridgehead atoms. The fraction of sp³-hybridized carbons (Fsp3) is 0.296. The van der Waals surface area contributed by atoms with Crippen LogP contribution >= 0.6 is 23.5 Å². The molecule has 4 rings (SSSR count). The molecule has 2 aliphatic rings. The van der Waals surface area contributed by atoms with Gasteiger partial charge >= 0.3 is 0 Å². The maximum absolute atomic E-state index is 11.6. The van der Waals surface area contributed by atoms with Crippen molar-refractivity contribution < 1.29 is 14.7 Å². The molecule has 0 atom stereocenters. The maximum Gasteiger partial charge on any atom is 0.160 e. The number of benzene rings is 2. The van der Waals surface area contributed by atoms with E-state index in [-0.39, 0.29) is 24.7 Å². The van der Waals surface area contributed by atoms with Gasteiger partial charge in [0.05, 0.1) is 11.6 Å². The van der Waals surface area contributed by atoms with Gasteiger partial charge in [0.15, 0.2) is 11.6 Å². The van der Waals surface area contributed by atoms with E-state index in [4.69, 9.17) is 5.26 Å². The number of rotatable bonds is 2. The van der Waals surface area contributed by atoms with Crippen LogP contribution in [0.15, 0.2) is 53.6 Å². The Hall–Kier alpha value is -2.75. The first-order chi connectivity index (χ1) is 15.5. The highest BCUT2D eigenvalue weighted by molar-refractivity contribution is 7.99. The summed E-state index contributed by atoms with van der Waals surface area (Å²) in [6, 6.07) is 14.9. The summed E-state index contributed by atoms with van der Waals surface area (Å²) in [7, 11) is 0. The van der Waals surface area contributed by atoms with Crippen molar-refractivity contribution in [2.75, 3.05) is 23.0 Å². The zero-order valence-corrected chi connectivity index (χ0v) is 19.6. The molecule has 0 spiro atoms. The molecule has 2 aromatic carbocycles. The first-order valence-electron chi connectivity index (χ1n) is 10.4. The third kappa shape index (κ3) is 7.96. The Morgan fingerprint density at radius 2 is 1.48 bits per heavy atom. The summed E-state index contributed by atoms with van der Waals surface area (Å²) in [5, 5.41) is 18.4. The standard InChI is InChI=1S/C13H11NOS.C13H14O2S.CH4/c14-8-11-3-1-2-10(6-11)7-12-9-16-5-4-13(12)15;1-9-2-3-10(7-13(9)15)6-11-8-16-5-4-12(11)14;/h1-3,6-7H,4-5,9H2;2-3,6-7,15H,4-5,8H2,1H3;1H4/b12-7+;11-6+;. The SMILES string of the molecule is C.Cc1ccc(/C=C2\CSCCC2=O)cc1O.N#Cc1cccc(/C=C2\CSCCC2=O)c1. The third-order valence-corrected chi connectivity index (χ3v) is 7.12. The number of carbonyl (C=O) groups is 2. The number of hydrogen-bond acceptors (Lipinski definition) is 6. The highest BCUT2D eigenvalue weighted by Crippen LogP contribution is 2.24. The number of nitrogens with zero attached hydrogens (tertiary/aromatic N) is 1. The lowest BCUT2D eigenvalue weighted by atomic mass is 10.1. The van der Waals surface area contributed by atoms with Gasteiger partial charge in [-0.15, -0.1) is 0 Å². The number of phenols is 1. The Morgan fingerprint density at radius 1 is 0.909 bits per heavy atom. The van der Waals surface area contributed by atoms with Gasteiger partial charge in [-0.05, 0) is 54.0 Å². The largest absolute Gasteiger partial charge is 0.508 e. The minimum atomic E-state index is 0. The van der Waals surface area contributed by atoms with Crippen LogP contribution in [0.2, 0.25) is 0 Å². The topological polar surface area (TPSA) is 78.2 Å². The van der Waals surface area contributed by atoms with Crippen molar-refractivity contribution in [3.8, 4) is 11.8 Å². The van der Waals surface area contributed by atoms with E-state index in [1.165, 1.54) is 0 Å². The molecule has 0 aromatic heterocycles. The molecule has 2 aliphatic heterocycles. The van der Waals surface area contributed by atoms with Crippen LogP contribution in [0.5, 0.6) is 5.75 Å². The smallest absolute Gasteiger partial charge is 0.160 e. The number of nitriles is 1. The molecular formula is C27H29NO3S2. The lowest BCUT2D eigenvalue weighted by Crippen LogP contribution is -2.11. The van der Waals surface area contributed by atoms with E-state index in [0.717, 1.165) is 50.8 Å². The van der Waals surface area contributed by atoms with Gasteiger partial charge in [0, 0.05) is 47.0 Å². The van der Waals surface area contributed by atoms with E-state index in [0.29, 0.717) is 18.4 Å². The van der Waals surface area contributed by atoms with Crippen LogP contribution in [0.1, 0.15) is 42.5 Å². The Balaban J connectivity index is 0.000000227. The summed E-state index contributed by atoms with van der Waals surface area (Å²) in [5.41, 5.74) is 5.04. The molecule has 2 aromatic rings. The van der Waals surface area contributed by atoms with E-state index >= 15 is 0 Å². The number of carbonyl (C=O) groups excluding carboxylic acids is 2. The van der Waals surface area contributed by atoms with Crippen molar-refractivity contribution in [3.05, 3.63) is 75.9 Å². The second kappa shape index (κ2) is 13.1. The predicted octanol–water partition coefficient (Wildman–Crippen LogP) is 6.07. The lowest BCUT2D eigenvalue weighted by molar-refractivity contribution is -0.115. The minimum absolute atomic E-state index is 0. The monoisotopic (exact) mass is 479 g/mol. The number of Topliss-reactive ketones (excluding diaryl/α,β-unsaturated/α-hetero) is 2. The second-order valence-electron chi connectivity index (χ2n) is 7.57. The summed E-state index contributed by atoms with van der Waals surface area (Å²) >= 11 is 3.56. The second-order valence-corrected chi connectivity index (χ2v) is 9.78. The summed E-state index contributed by atoms with van der Waals surface area (Å²) < 4.78 is 0. The van der Waals surface area contributed by atoms with Gasteiger partial charge in [0.2, 0.25) is 0 Å². The molecule has 0 amide bonds. The molecule has 172 valence electrons. The van der Waals surface area contributed by atoms with Crippen molar-refractivity contribution in [3.63, 3.8) is 0 Å². The zero-order valence-electron chi connectivity index (χ0n) is 18.0. The Labute approximate surface area is 204 Å². The summed E-state index contributed by atoms with van der Waals surface area (Å²) in [4.78, 5) is 23.2.